The van der Waals surface area contributed by atoms with Crippen molar-refractivity contribution in [1.29, 1.82) is 0 Å². The molecule has 2 aromatic rings. The van der Waals surface area contributed by atoms with E-state index in [2.05, 4.69) is 15.0 Å². The first-order valence-corrected chi connectivity index (χ1v) is 10.5. The van der Waals surface area contributed by atoms with Crippen LogP contribution < -0.4 is 11.2 Å². The summed E-state index contributed by atoms with van der Waals surface area (Å²) in [4.78, 5) is 28.6. The molecule has 5 atom stereocenters. The van der Waals surface area contributed by atoms with E-state index in [1.165, 1.54) is 13.1 Å². The molecule has 0 radical (unpaired) electrons. The van der Waals surface area contributed by atoms with Gasteiger partial charge in [0.1, 0.15) is 17.7 Å². The topological polar surface area (TPSA) is 158 Å². The van der Waals surface area contributed by atoms with E-state index < -0.39 is 43.0 Å². The third-order valence-corrected chi connectivity index (χ3v) is 6.35. The molecule has 0 amide bonds. The second-order valence-electron chi connectivity index (χ2n) is 6.99. The van der Waals surface area contributed by atoms with Gasteiger partial charge in [-0.15, -0.1) is 0 Å². The van der Waals surface area contributed by atoms with Crippen LogP contribution >= 0.6 is 7.82 Å². The smallest absolute Gasteiger partial charge is 0.349 e. The maximum Gasteiger partial charge on any atom is 0.475 e. The van der Waals surface area contributed by atoms with Gasteiger partial charge in [0.25, 0.3) is 5.56 Å². The fourth-order valence-electron chi connectivity index (χ4n) is 3.48. The number of benzene rings is 1. The Morgan fingerprint density at radius 2 is 2.13 bits per heavy atom. The number of phosphoric ester groups is 1. The summed E-state index contributed by atoms with van der Waals surface area (Å²) in [6.45, 7) is 1.33. The SMILES string of the molecule is C[C@@]1(N=[N+]=[N-])[C@@H]2O[P@@](=O)(OCc3ccccc3)OC[C@H]2O[C@H]1n1ccc(=O)[nH]c1=O. The van der Waals surface area contributed by atoms with E-state index in [0.29, 0.717) is 0 Å². The Hall–Kier alpha value is -2.72. The third kappa shape index (κ3) is 3.72. The maximum atomic E-state index is 13.0. The van der Waals surface area contributed by atoms with Crippen molar-refractivity contribution < 1.29 is 22.9 Å². The maximum absolute atomic E-state index is 13.0. The Morgan fingerprint density at radius 3 is 2.83 bits per heavy atom. The van der Waals surface area contributed by atoms with Gasteiger partial charge in [0.05, 0.1) is 13.2 Å². The summed E-state index contributed by atoms with van der Waals surface area (Å²) in [5, 5.41) is 3.79. The van der Waals surface area contributed by atoms with Gasteiger partial charge in [0.15, 0.2) is 6.23 Å². The minimum Gasteiger partial charge on any atom is -0.349 e. The second kappa shape index (κ2) is 7.84. The number of nitrogens with zero attached hydrogens (tertiary/aromatic N) is 4. The van der Waals surface area contributed by atoms with Crippen molar-refractivity contribution in [1.82, 2.24) is 9.55 Å². The summed E-state index contributed by atoms with van der Waals surface area (Å²) in [6.07, 6.45) is -1.71. The predicted octanol–water partition coefficient (Wildman–Crippen LogP) is 2.24. The minimum absolute atomic E-state index is 0.0165. The number of phosphoric acid groups is 1. The average molecular weight is 435 g/mol. The lowest BCUT2D eigenvalue weighted by molar-refractivity contribution is -0.0730. The number of ether oxygens (including phenoxy) is 1. The number of azide groups is 1. The van der Waals surface area contributed by atoms with Gasteiger partial charge in [-0.05, 0) is 18.0 Å². The summed E-state index contributed by atoms with van der Waals surface area (Å²) in [5.41, 5.74) is 7.06. The van der Waals surface area contributed by atoms with Gasteiger partial charge >= 0.3 is 13.5 Å². The van der Waals surface area contributed by atoms with Crippen LogP contribution in [0.15, 0.2) is 57.3 Å². The summed E-state index contributed by atoms with van der Waals surface area (Å²) in [5.74, 6) is 0. The van der Waals surface area contributed by atoms with Gasteiger partial charge in [-0.25, -0.2) is 9.36 Å². The van der Waals surface area contributed by atoms with Crippen LogP contribution in [0, 0.1) is 0 Å². The fraction of sp³-hybridized carbons (Fsp3) is 0.412. The molecular formula is C17H18N5O7P. The van der Waals surface area contributed by atoms with E-state index in [-0.39, 0.29) is 13.2 Å². The monoisotopic (exact) mass is 435 g/mol. The molecule has 0 aliphatic carbocycles. The lowest BCUT2D eigenvalue weighted by atomic mass is 9.93. The number of aromatic nitrogens is 2. The summed E-state index contributed by atoms with van der Waals surface area (Å²) in [7, 11) is -4.00. The molecule has 3 heterocycles. The van der Waals surface area contributed by atoms with Gasteiger partial charge < -0.3 is 4.74 Å². The molecule has 1 N–H and O–H groups in total. The Balaban J connectivity index is 1.62. The first-order chi connectivity index (χ1) is 14.3. The second-order valence-corrected chi connectivity index (χ2v) is 8.61. The van der Waals surface area contributed by atoms with Crippen LogP contribution in [0.5, 0.6) is 0 Å². The number of aromatic amines is 1. The van der Waals surface area contributed by atoms with Crippen LogP contribution in [0.25, 0.3) is 10.4 Å². The zero-order valence-corrected chi connectivity index (χ0v) is 16.7. The normalized spacial score (nSPS) is 32.9. The number of hydrogen-bond donors (Lipinski definition) is 1. The van der Waals surface area contributed by atoms with E-state index >= 15 is 0 Å². The predicted molar refractivity (Wildman–Crippen MR) is 102 cm³/mol. The molecular weight excluding hydrogens is 417 g/mol. The number of H-pyrrole nitrogens is 1. The molecule has 13 heteroatoms. The van der Waals surface area contributed by atoms with Crippen LogP contribution in [0.2, 0.25) is 0 Å². The molecule has 2 saturated heterocycles. The number of fused-ring (bicyclic) bond motifs is 1. The highest BCUT2D eigenvalue weighted by Gasteiger charge is 2.60. The quantitative estimate of drug-likeness (QED) is 0.326. The standard InChI is InChI=1S/C17H18N5O7P/c1-17(20-21-18)14-12(28-15(17)22-8-7-13(23)19-16(22)24)10-27-30(25,29-14)26-9-11-5-3-2-4-6-11/h2-8,12,14-15H,9-10H2,1H3,(H,19,23,24)/t12-,14-,15-,17-,30+/m1/s1. The lowest BCUT2D eigenvalue weighted by Gasteiger charge is -2.35. The van der Waals surface area contributed by atoms with E-state index in [1.807, 2.05) is 18.2 Å². The van der Waals surface area contributed by atoms with Crippen molar-refractivity contribution >= 4 is 7.82 Å². The fourth-order valence-corrected chi connectivity index (χ4v) is 4.94. The first-order valence-electron chi connectivity index (χ1n) is 8.99. The Labute approximate surface area is 169 Å². The van der Waals surface area contributed by atoms with Crippen molar-refractivity contribution in [2.24, 2.45) is 5.11 Å². The van der Waals surface area contributed by atoms with Gasteiger partial charge in [-0.1, -0.05) is 35.4 Å². The highest BCUT2D eigenvalue weighted by molar-refractivity contribution is 7.48. The highest BCUT2D eigenvalue weighted by Crippen LogP contribution is 2.59. The Bertz CT molecular complexity index is 1140. The molecule has 30 heavy (non-hydrogen) atoms. The largest absolute Gasteiger partial charge is 0.475 e. The molecule has 1 aromatic carbocycles. The van der Waals surface area contributed by atoms with E-state index in [9.17, 15) is 14.2 Å². The minimum atomic E-state index is -4.00. The number of rotatable bonds is 5. The number of hydrogen-bond acceptors (Lipinski definition) is 8. The van der Waals surface area contributed by atoms with Crippen LogP contribution in [0.1, 0.15) is 18.7 Å². The van der Waals surface area contributed by atoms with Crippen LogP contribution in [0.4, 0.5) is 0 Å². The van der Waals surface area contributed by atoms with Crippen LogP contribution in [-0.4, -0.2) is 33.9 Å². The van der Waals surface area contributed by atoms with Gasteiger partial charge in [-0.2, -0.15) is 0 Å². The highest BCUT2D eigenvalue weighted by atomic mass is 31.2. The summed E-state index contributed by atoms with van der Waals surface area (Å²) >= 11 is 0. The van der Waals surface area contributed by atoms with E-state index in [0.717, 1.165) is 16.2 Å². The molecule has 1 aromatic heterocycles. The van der Waals surface area contributed by atoms with E-state index in [4.69, 9.17) is 23.8 Å². The molecule has 0 spiro atoms. The zero-order valence-electron chi connectivity index (χ0n) is 15.8. The average Bonchev–Trinajstić information content (AvgIpc) is 2.99. The van der Waals surface area contributed by atoms with Gasteiger partial charge in [0.2, 0.25) is 0 Å². The van der Waals surface area contributed by atoms with Gasteiger partial charge in [0, 0.05) is 17.2 Å². The van der Waals surface area contributed by atoms with Gasteiger partial charge in [-0.3, -0.25) is 27.9 Å². The van der Waals surface area contributed by atoms with Crippen molar-refractivity contribution in [3.05, 3.63) is 79.4 Å². The molecule has 2 aliphatic rings. The zero-order chi connectivity index (χ0) is 21.4. The van der Waals surface area contributed by atoms with E-state index in [1.54, 1.807) is 12.1 Å². The Morgan fingerprint density at radius 1 is 1.37 bits per heavy atom. The molecule has 4 rings (SSSR count). The Kier molecular flexibility index (Phi) is 5.37. The third-order valence-electron chi connectivity index (χ3n) is 4.95. The van der Waals surface area contributed by atoms with Crippen LogP contribution in [0.3, 0.4) is 0 Å². The van der Waals surface area contributed by atoms with Crippen molar-refractivity contribution in [3.8, 4) is 0 Å². The molecule has 0 bridgehead atoms. The number of nitrogens with one attached hydrogen (secondary N) is 1. The summed E-state index contributed by atoms with van der Waals surface area (Å²) < 4.78 is 36.3. The molecule has 2 aliphatic heterocycles. The summed E-state index contributed by atoms with van der Waals surface area (Å²) in [6, 6.07) is 10.2. The molecule has 12 nitrogen and oxygen atoms in total. The van der Waals surface area contributed by atoms with Crippen molar-refractivity contribution in [2.75, 3.05) is 6.61 Å². The molecule has 158 valence electrons. The van der Waals surface area contributed by atoms with Crippen molar-refractivity contribution in [2.45, 2.75) is 37.5 Å². The lowest BCUT2D eigenvalue weighted by Crippen LogP contribution is -2.47. The molecule has 2 fully saturated rings. The molecule has 0 saturated carbocycles. The first kappa shape index (κ1) is 20.5. The van der Waals surface area contributed by atoms with Crippen LogP contribution in [-0.2, 0) is 29.5 Å². The van der Waals surface area contributed by atoms with Crippen molar-refractivity contribution in [3.63, 3.8) is 0 Å². The molecule has 0 unspecified atom stereocenters.